The van der Waals surface area contributed by atoms with Crippen molar-refractivity contribution in [1.29, 1.82) is 0 Å². The first-order valence-corrected chi connectivity index (χ1v) is 7.40. The predicted molar refractivity (Wildman–Crippen MR) is 79.8 cm³/mol. The molecule has 0 radical (unpaired) electrons. The molecule has 0 unspecified atom stereocenters. The summed E-state index contributed by atoms with van der Waals surface area (Å²) in [5.41, 5.74) is 0. The number of hydrogen-bond acceptors (Lipinski definition) is 5. The second-order valence-electron chi connectivity index (χ2n) is 5.08. The van der Waals surface area contributed by atoms with E-state index < -0.39 is 0 Å². The van der Waals surface area contributed by atoms with Gasteiger partial charge in [0.2, 0.25) is 0 Å². The lowest BCUT2D eigenvalue weighted by Gasteiger charge is -2.22. The molecule has 1 saturated carbocycles. The molecule has 1 aliphatic carbocycles. The van der Waals surface area contributed by atoms with Crippen LogP contribution in [0.15, 0.2) is 24.3 Å². The van der Waals surface area contributed by atoms with E-state index in [9.17, 15) is 9.59 Å². The molecule has 0 aliphatic heterocycles. The van der Waals surface area contributed by atoms with Crippen molar-refractivity contribution in [2.45, 2.75) is 19.3 Å². The maximum Gasteiger partial charge on any atom is 0.309 e. The SMILES string of the molecule is COc1ccccc1OCCNC(=O)COC(=O)C1CCC1. The van der Waals surface area contributed by atoms with Crippen LogP contribution in [0.4, 0.5) is 0 Å². The molecule has 1 fully saturated rings. The van der Waals surface area contributed by atoms with Crippen molar-refractivity contribution >= 4 is 11.9 Å². The Morgan fingerprint density at radius 1 is 1.23 bits per heavy atom. The molecule has 0 atom stereocenters. The second kappa shape index (κ2) is 8.26. The van der Waals surface area contributed by atoms with Gasteiger partial charge in [-0.1, -0.05) is 18.6 Å². The number of hydrogen-bond donors (Lipinski definition) is 1. The van der Waals surface area contributed by atoms with Gasteiger partial charge in [0.25, 0.3) is 5.91 Å². The van der Waals surface area contributed by atoms with E-state index in [2.05, 4.69) is 5.32 Å². The van der Waals surface area contributed by atoms with Crippen molar-refractivity contribution in [3.8, 4) is 11.5 Å². The topological polar surface area (TPSA) is 73.9 Å². The van der Waals surface area contributed by atoms with Gasteiger partial charge in [-0.15, -0.1) is 0 Å². The molecule has 1 aromatic carbocycles. The molecular formula is C16H21NO5. The van der Waals surface area contributed by atoms with Crippen LogP contribution in [0, 0.1) is 5.92 Å². The molecular weight excluding hydrogens is 286 g/mol. The number of esters is 1. The molecule has 0 bridgehead atoms. The highest BCUT2D eigenvalue weighted by Gasteiger charge is 2.26. The Morgan fingerprint density at radius 3 is 2.59 bits per heavy atom. The van der Waals surface area contributed by atoms with E-state index in [1.54, 1.807) is 19.2 Å². The fraction of sp³-hybridized carbons (Fsp3) is 0.500. The van der Waals surface area contributed by atoms with Gasteiger partial charge in [-0.3, -0.25) is 9.59 Å². The molecule has 22 heavy (non-hydrogen) atoms. The Morgan fingerprint density at radius 2 is 1.95 bits per heavy atom. The molecule has 1 amide bonds. The van der Waals surface area contributed by atoms with E-state index >= 15 is 0 Å². The van der Waals surface area contributed by atoms with Crippen molar-refractivity contribution < 1.29 is 23.8 Å². The molecule has 1 aromatic rings. The lowest BCUT2D eigenvalue weighted by molar-refractivity contribution is -0.155. The Labute approximate surface area is 129 Å². The molecule has 0 heterocycles. The third kappa shape index (κ3) is 4.65. The number of para-hydroxylation sites is 2. The molecule has 6 nitrogen and oxygen atoms in total. The molecule has 2 rings (SSSR count). The lowest BCUT2D eigenvalue weighted by atomic mass is 9.86. The van der Waals surface area contributed by atoms with Crippen LogP contribution in [0.1, 0.15) is 19.3 Å². The lowest BCUT2D eigenvalue weighted by Crippen LogP contribution is -2.34. The maximum atomic E-state index is 11.5. The van der Waals surface area contributed by atoms with Gasteiger partial charge < -0.3 is 19.5 Å². The van der Waals surface area contributed by atoms with Crippen LogP contribution in [0.2, 0.25) is 0 Å². The molecule has 0 saturated heterocycles. The highest BCUT2D eigenvalue weighted by molar-refractivity contribution is 5.81. The van der Waals surface area contributed by atoms with Crippen LogP contribution >= 0.6 is 0 Å². The van der Waals surface area contributed by atoms with Gasteiger partial charge in [-0.25, -0.2) is 0 Å². The second-order valence-corrected chi connectivity index (χ2v) is 5.08. The van der Waals surface area contributed by atoms with E-state index in [4.69, 9.17) is 14.2 Å². The average molecular weight is 307 g/mol. The Hall–Kier alpha value is -2.24. The van der Waals surface area contributed by atoms with Gasteiger partial charge in [0.05, 0.1) is 19.6 Å². The predicted octanol–water partition coefficient (Wildman–Crippen LogP) is 1.53. The first-order valence-electron chi connectivity index (χ1n) is 7.40. The third-order valence-electron chi connectivity index (χ3n) is 3.53. The first kappa shape index (κ1) is 16.1. The van der Waals surface area contributed by atoms with E-state index in [1.807, 2.05) is 12.1 Å². The summed E-state index contributed by atoms with van der Waals surface area (Å²) >= 11 is 0. The van der Waals surface area contributed by atoms with Crippen LogP contribution in [0.3, 0.4) is 0 Å². The first-order chi connectivity index (χ1) is 10.7. The monoisotopic (exact) mass is 307 g/mol. The molecule has 0 aromatic heterocycles. The van der Waals surface area contributed by atoms with Gasteiger partial charge in [-0.05, 0) is 25.0 Å². The summed E-state index contributed by atoms with van der Waals surface area (Å²) in [4.78, 5) is 23.0. The fourth-order valence-electron chi connectivity index (χ4n) is 2.04. The number of amides is 1. The molecule has 6 heteroatoms. The number of carbonyl (C=O) groups excluding carboxylic acids is 2. The van der Waals surface area contributed by atoms with Crippen molar-refractivity contribution in [3.05, 3.63) is 24.3 Å². The normalized spacial score (nSPS) is 13.9. The van der Waals surface area contributed by atoms with E-state index in [-0.39, 0.29) is 24.4 Å². The summed E-state index contributed by atoms with van der Waals surface area (Å²) in [5, 5.41) is 2.64. The zero-order valence-corrected chi connectivity index (χ0v) is 12.7. The van der Waals surface area contributed by atoms with Gasteiger partial charge in [0.1, 0.15) is 6.61 Å². The Balaban J connectivity index is 1.59. The summed E-state index contributed by atoms with van der Waals surface area (Å²) in [6.07, 6.45) is 2.80. The highest BCUT2D eigenvalue weighted by Crippen LogP contribution is 2.27. The summed E-state index contributed by atoms with van der Waals surface area (Å²) in [7, 11) is 1.57. The zero-order valence-electron chi connectivity index (χ0n) is 12.7. The summed E-state index contributed by atoms with van der Waals surface area (Å²) < 4.78 is 15.6. The van der Waals surface area contributed by atoms with Crippen LogP contribution in [-0.2, 0) is 14.3 Å². The summed E-state index contributed by atoms with van der Waals surface area (Å²) in [5.74, 6) is 0.656. The maximum absolute atomic E-state index is 11.5. The van der Waals surface area contributed by atoms with Crippen LogP contribution in [0.25, 0.3) is 0 Å². The molecule has 1 aliphatic rings. The zero-order chi connectivity index (χ0) is 15.8. The molecule has 120 valence electrons. The molecule has 0 spiro atoms. The number of nitrogens with one attached hydrogen (secondary N) is 1. The Bertz CT molecular complexity index is 513. The number of methoxy groups -OCH3 is 1. The Kier molecular flexibility index (Phi) is 6.06. The van der Waals surface area contributed by atoms with E-state index in [0.29, 0.717) is 24.7 Å². The minimum atomic E-state index is -0.323. The van der Waals surface area contributed by atoms with E-state index in [1.165, 1.54) is 0 Å². The fourth-order valence-corrected chi connectivity index (χ4v) is 2.04. The quantitative estimate of drug-likeness (QED) is 0.582. The third-order valence-corrected chi connectivity index (χ3v) is 3.53. The minimum absolute atomic E-state index is 0.0123. The van der Waals surface area contributed by atoms with Crippen molar-refractivity contribution in [3.63, 3.8) is 0 Å². The van der Waals surface area contributed by atoms with Crippen LogP contribution in [0.5, 0.6) is 11.5 Å². The van der Waals surface area contributed by atoms with Crippen molar-refractivity contribution in [1.82, 2.24) is 5.32 Å². The van der Waals surface area contributed by atoms with Gasteiger partial charge in [0.15, 0.2) is 18.1 Å². The van der Waals surface area contributed by atoms with Crippen LogP contribution in [-0.4, -0.2) is 38.7 Å². The van der Waals surface area contributed by atoms with Gasteiger partial charge in [-0.2, -0.15) is 0 Å². The number of benzene rings is 1. The number of carbonyl (C=O) groups is 2. The summed E-state index contributed by atoms with van der Waals surface area (Å²) in [6.45, 7) is 0.407. The van der Waals surface area contributed by atoms with Crippen molar-refractivity contribution in [2.24, 2.45) is 5.92 Å². The molecule has 1 N–H and O–H groups in total. The largest absolute Gasteiger partial charge is 0.493 e. The number of rotatable bonds is 8. The number of ether oxygens (including phenoxy) is 3. The van der Waals surface area contributed by atoms with Crippen LogP contribution < -0.4 is 14.8 Å². The van der Waals surface area contributed by atoms with Gasteiger partial charge in [0, 0.05) is 0 Å². The smallest absolute Gasteiger partial charge is 0.309 e. The van der Waals surface area contributed by atoms with Crippen molar-refractivity contribution in [2.75, 3.05) is 26.9 Å². The standard InChI is InChI=1S/C16H21NO5/c1-20-13-7-2-3-8-14(13)21-10-9-17-15(18)11-22-16(19)12-5-4-6-12/h2-3,7-8,12H,4-6,9-11H2,1H3,(H,17,18). The summed E-state index contributed by atoms with van der Waals surface area (Å²) in [6, 6.07) is 7.29. The van der Waals surface area contributed by atoms with E-state index in [0.717, 1.165) is 19.3 Å². The minimum Gasteiger partial charge on any atom is -0.493 e. The van der Waals surface area contributed by atoms with Gasteiger partial charge >= 0.3 is 5.97 Å². The highest BCUT2D eigenvalue weighted by atomic mass is 16.5. The average Bonchev–Trinajstić information content (AvgIpc) is 2.48.